The zero-order chi connectivity index (χ0) is 11.8. The van der Waals surface area contributed by atoms with Crippen LogP contribution in [0.15, 0.2) is 24.3 Å². The maximum atomic E-state index is 12.4. The standard InChI is InChI=1S/C13H17NO2/c1-9-4-3-5-10(6-9)12(15)13(2)8-16-7-11(13)14/h3-6,11H,7-8,14H2,1-2H3. The van der Waals surface area contributed by atoms with Gasteiger partial charge in [0.15, 0.2) is 5.78 Å². The summed E-state index contributed by atoms with van der Waals surface area (Å²) < 4.78 is 5.30. The minimum Gasteiger partial charge on any atom is -0.379 e. The Morgan fingerprint density at radius 2 is 2.31 bits per heavy atom. The van der Waals surface area contributed by atoms with Gasteiger partial charge < -0.3 is 10.5 Å². The highest BCUT2D eigenvalue weighted by Gasteiger charge is 2.44. The van der Waals surface area contributed by atoms with Crippen molar-refractivity contribution in [2.75, 3.05) is 13.2 Å². The van der Waals surface area contributed by atoms with E-state index < -0.39 is 5.41 Å². The van der Waals surface area contributed by atoms with E-state index in [0.717, 1.165) is 11.1 Å². The molecule has 86 valence electrons. The molecule has 3 heteroatoms. The molecule has 0 aliphatic carbocycles. The summed E-state index contributed by atoms with van der Waals surface area (Å²) in [6.45, 7) is 4.74. The van der Waals surface area contributed by atoms with Gasteiger partial charge in [0, 0.05) is 11.6 Å². The van der Waals surface area contributed by atoms with E-state index in [1.165, 1.54) is 0 Å². The first kappa shape index (κ1) is 11.3. The van der Waals surface area contributed by atoms with Crippen LogP contribution >= 0.6 is 0 Å². The van der Waals surface area contributed by atoms with Crippen LogP contribution in [-0.4, -0.2) is 25.0 Å². The minimum atomic E-state index is -0.576. The van der Waals surface area contributed by atoms with E-state index >= 15 is 0 Å². The van der Waals surface area contributed by atoms with Crippen LogP contribution in [0.2, 0.25) is 0 Å². The lowest BCUT2D eigenvalue weighted by atomic mass is 9.78. The number of ether oxygens (including phenoxy) is 1. The van der Waals surface area contributed by atoms with Crippen molar-refractivity contribution in [3.8, 4) is 0 Å². The molecule has 1 heterocycles. The summed E-state index contributed by atoms with van der Waals surface area (Å²) in [7, 11) is 0. The number of aryl methyl sites for hydroxylation is 1. The summed E-state index contributed by atoms with van der Waals surface area (Å²) in [5.74, 6) is 0.0844. The van der Waals surface area contributed by atoms with Crippen LogP contribution < -0.4 is 5.73 Å². The summed E-state index contributed by atoms with van der Waals surface area (Å²) in [5, 5.41) is 0. The summed E-state index contributed by atoms with van der Waals surface area (Å²) >= 11 is 0. The maximum Gasteiger partial charge on any atom is 0.172 e. The third-order valence-corrected chi connectivity index (χ3v) is 3.32. The number of rotatable bonds is 2. The average Bonchev–Trinajstić information content (AvgIpc) is 2.59. The Bertz CT molecular complexity index is 416. The summed E-state index contributed by atoms with van der Waals surface area (Å²) in [6.07, 6.45) is 0. The van der Waals surface area contributed by atoms with Crippen molar-refractivity contribution in [1.82, 2.24) is 0 Å². The summed E-state index contributed by atoms with van der Waals surface area (Å²) in [4.78, 5) is 12.4. The SMILES string of the molecule is Cc1cccc(C(=O)C2(C)COCC2N)c1. The van der Waals surface area contributed by atoms with Gasteiger partial charge in [-0.3, -0.25) is 4.79 Å². The Morgan fingerprint density at radius 1 is 1.56 bits per heavy atom. The largest absolute Gasteiger partial charge is 0.379 e. The van der Waals surface area contributed by atoms with E-state index in [-0.39, 0.29) is 11.8 Å². The predicted octanol–water partition coefficient (Wildman–Crippen LogP) is 1.54. The van der Waals surface area contributed by atoms with Crippen molar-refractivity contribution in [2.45, 2.75) is 19.9 Å². The molecule has 0 aromatic heterocycles. The molecule has 0 radical (unpaired) electrons. The van der Waals surface area contributed by atoms with Crippen molar-refractivity contribution >= 4 is 5.78 Å². The van der Waals surface area contributed by atoms with Crippen LogP contribution in [0.1, 0.15) is 22.8 Å². The van der Waals surface area contributed by atoms with Gasteiger partial charge in [-0.25, -0.2) is 0 Å². The molecule has 1 aromatic rings. The molecule has 2 N–H and O–H groups in total. The smallest absolute Gasteiger partial charge is 0.172 e. The van der Waals surface area contributed by atoms with Crippen LogP contribution in [0.25, 0.3) is 0 Å². The fraction of sp³-hybridized carbons (Fsp3) is 0.462. The number of carbonyl (C=O) groups is 1. The molecule has 1 fully saturated rings. The minimum absolute atomic E-state index is 0.0844. The first-order valence-electron chi connectivity index (χ1n) is 5.49. The third kappa shape index (κ3) is 1.77. The lowest BCUT2D eigenvalue weighted by molar-refractivity contribution is 0.0767. The first-order chi connectivity index (χ1) is 7.54. The van der Waals surface area contributed by atoms with Crippen LogP contribution in [-0.2, 0) is 4.74 Å². The molecule has 0 saturated carbocycles. The predicted molar refractivity (Wildman–Crippen MR) is 62.4 cm³/mol. The Balaban J connectivity index is 2.32. The molecule has 1 aliphatic rings. The second kappa shape index (κ2) is 4.00. The van der Waals surface area contributed by atoms with Gasteiger partial charge in [-0.2, -0.15) is 0 Å². The number of benzene rings is 1. The summed E-state index contributed by atoms with van der Waals surface area (Å²) in [6, 6.07) is 7.40. The maximum absolute atomic E-state index is 12.4. The summed E-state index contributed by atoms with van der Waals surface area (Å²) in [5.41, 5.74) is 7.18. The molecule has 3 nitrogen and oxygen atoms in total. The Labute approximate surface area is 95.6 Å². The normalized spacial score (nSPS) is 29.3. The second-order valence-corrected chi connectivity index (χ2v) is 4.74. The second-order valence-electron chi connectivity index (χ2n) is 4.74. The zero-order valence-electron chi connectivity index (χ0n) is 9.69. The molecule has 1 aromatic carbocycles. The van der Waals surface area contributed by atoms with E-state index in [1.54, 1.807) is 0 Å². The molecule has 1 saturated heterocycles. The lowest BCUT2D eigenvalue weighted by Crippen LogP contribution is -2.44. The molecular weight excluding hydrogens is 202 g/mol. The number of carbonyl (C=O) groups excluding carboxylic acids is 1. The van der Waals surface area contributed by atoms with Crippen molar-refractivity contribution in [1.29, 1.82) is 0 Å². The molecule has 2 rings (SSSR count). The first-order valence-corrected chi connectivity index (χ1v) is 5.49. The molecular formula is C13H17NO2. The van der Waals surface area contributed by atoms with Gasteiger partial charge in [0.2, 0.25) is 0 Å². The number of nitrogens with two attached hydrogens (primary N) is 1. The number of hydrogen-bond acceptors (Lipinski definition) is 3. The monoisotopic (exact) mass is 219 g/mol. The van der Waals surface area contributed by atoms with Gasteiger partial charge in [0.05, 0.1) is 18.6 Å². The highest BCUT2D eigenvalue weighted by molar-refractivity contribution is 6.01. The van der Waals surface area contributed by atoms with Gasteiger partial charge in [-0.05, 0) is 19.9 Å². The van der Waals surface area contributed by atoms with Gasteiger partial charge in [0.25, 0.3) is 0 Å². The van der Waals surface area contributed by atoms with Gasteiger partial charge in [-0.1, -0.05) is 23.8 Å². The van der Waals surface area contributed by atoms with Crippen molar-refractivity contribution in [2.24, 2.45) is 11.1 Å². The van der Waals surface area contributed by atoms with Crippen LogP contribution in [0.3, 0.4) is 0 Å². The number of ketones is 1. The number of hydrogen-bond donors (Lipinski definition) is 1. The number of Topliss-reactive ketones (excluding diaryl/α,β-unsaturated/α-hetero) is 1. The average molecular weight is 219 g/mol. The fourth-order valence-electron chi connectivity index (χ4n) is 2.04. The van der Waals surface area contributed by atoms with E-state index in [1.807, 2.05) is 38.1 Å². The molecule has 0 amide bonds. The third-order valence-electron chi connectivity index (χ3n) is 3.32. The molecule has 1 aliphatic heterocycles. The van der Waals surface area contributed by atoms with Crippen LogP contribution in [0.4, 0.5) is 0 Å². The van der Waals surface area contributed by atoms with Gasteiger partial charge in [0.1, 0.15) is 0 Å². The molecule has 0 spiro atoms. The molecule has 16 heavy (non-hydrogen) atoms. The Kier molecular flexibility index (Phi) is 2.82. The zero-order valence-corrected chi connectivity index (χ0v) is 9.69. The quantitative estimate of drug-likeness (QED) is 0.768. The molecule has 2 unspecified atom stereocenters. The Hall–Kier alpha value is -1.19. The van der Waals surface area contributed by atoms with E-state index in [4.69, 9.17) is 10.5 Å². The molecule has 0 bridgehead atoms. The van der Waals surface area contributed by atoms with E-state index in [0.29, 0.717) is 13.2 Å². The van der Waals surface area contributed by atoms with E-state index in [2.05, 4.69) is 0 Å². The lowest BCUT2D eigenvalue weighted by Gasteiger charge is -2.25. The molecule has 2 atom stereocenters. The Morgan fingerprint density at radius 3 is 2.88 bits per heavy atom. The van der Waals surface area contributed by atoms with E-state index in [9.17, 15) is 4.79 Å². The van der Waals surface area contributed by atoms with Crippen LogP contribution in [0.5, 0.6) is 0 Å². The fourth-order valence-corrected chi connectivity index (χ4v) is 2.04. The highest BCUT2D eigenvalue weighted by Crippen LogP contribution is 2.31. The van der Waals surface area contributed by atoms with Crippen molar-refractivity contribution in [3.63, 3.8) is 0 Å². The van der Waals surface area contributed by atoms with Gasteiger partial charge in [-0.15, -0.1) is 0 Å². The van der Waals surface area contributed by atoms with Crippen molar-refractivity contribution in [3.05, 3.63) is 35.4 Å². The highest BCUT2D eigenvalue weighted by atomic mass is 16.5. The van der Waals surface area contributed by atoms with Crippen molar-refractivity contribution < 1.29 is 9.53 Å². The van der Waals surface area contributed by atoms with Gasteiger partial charge >= 0.3 is 0 Å². The topological polar surface area (TPSA) is 52.3 Å². The van der Waals surface area contributed by atoms with Crippen LogP contribution in [0, 0.1) is 12.3 Å².